The van der Waals surface area contributed by atoms with Gasteiger partial charge >= 0.3 is 0 Å². The first-order chi connectivity index (χ1) is 8.50. The summed E-state index contributed by atoms with van der Waals surface area (Å²) in [6.45, 7) is 1.85. The number of hydrogen-bond donors (Lipinski definition) is 1. The van der Waals surface area contributed by atoms with Crippen LogP contribution in [0.5, 0.6) is 0 Å². The predicted octanol–water partition coefficient (Wildman–Crippen LogP) is 1.78. The number of rotatable bonds is 4. The molecule has 0 aromatic carbocycles. The van der Waals surface area contributed by atoms with Crippen LogP contribution < -0.4 is 0 Å². The molecular formula is C12H17ClN4O. The number of imidazole rings is 1. The first-order valence-electron chi connectivity index (χ1n) is 5.84. The Morgan fingerprint density at radius 1 is 1.44 bits per heavy atom. The van der Waals surface area contributed by atoms with Gasteiger partial charge in [-0.15, -0.1) is 0 Å². The molecule has 0 aliphatic heterocycles. The molecule has 2 aromatic heterocycles. The minimum Gasteiger partial charge on any atom is -0.388 e. The highest BCUT2D eigenvalue weighted by Crippen LogP contribution is 2.28. The molecule has 0 saturated heterocycles. The maximum absolute atomic E-state index is 10.2. The van der Waals surface area contributed by atoms with Crippen molar-refractivity contribution in [1.29, 1.82) is 0 Å². The number of hydrogen-bond acceptors (Lipinski definition) is 3. The summed E-state index contributed by atoms with van der Waals surface area (Å²) in [6.07, 6.45) is 4.32. The van der Waals surface area contributed by atoms with Gasteiger partial charge in [0.2, 0.25) is 0 Å². The molecule has 98 valence electrons. The summed E-state index contributed by atoms with van der Waals surface area (Å²) in [5.41, 5.74) is 1.49. The lowest BCUT2D eigenvalue weighted by Gasteiger charge is -2.10. The van der Waals surface area contributed by atoms with Crippen LogP contribution in [0.3, 0.4) is 0 Å². The zero-order chi connectivity index (χ0) is 13.3. The zero-order valence-electron chi connectivity index (χ0n) is 10.8. The van der Waals surface area contributed by atoms with Crippen LogP contribution in [-0.4, -0.2) is 24.4 Å². The van der Waals surface area contributed by atoms with Crippen molar-refractivity contribution in [1.82, 2.24) is 19.3 Å². The van der Waals surface area contributed by atoms with Crippen LogP contribution in [0.25, 0.3) is 0 Å². The Balaban J connectivity index is 2.08. The molecule has 0 radical (unpaired) electrons. The van der Waals surface area contributed by atoms with Gasteiger partial charge in [0.05, 0.1) is 11.8 Å². The van der Waals surface area contributed by atoms with Crippen LogP contribution >= 0.6 is 11.6 Å². The average Bonchev–Trinajstić information content (AvgIpc) is 2.81. The van der Waals surface area contributed by atoms with E-state index in [1.807, 2.05) is 24.7 Å². The molecule has 1 unspecified atom stereocenters. The molecule has 0 spiro atoms. The van der Waals surface area contributed by atoms with Crippen molar-refractivity contribution in [2.75, 3.05) is 0 Å². The van der Waals surface area contributed by atoms with Crippen molar-refractivity contribution in [3.8, 4) is 0 Å². The molecular weight excluding hydrogens is 252 g/mol. The smallest absolute Gasteiger partial charge is 0.132 e. The van der Waals surface area contributed by atoms with E-state index in [1.165, 1.54) is 0 Å². The zero-order valence-corrected chi connectivity index (χ0v) is 11.5. The summed E-state index contributed by atoms with van der Waals surface area (Å²) in [5, 5.41) is 14.9. The monoisotopic (exact) mass is 268 g/mol. The highest BCUT2D eigenvalue weighted by molar-refractivity contribution is 6.30. The summed E-state index contributed by atoms with van der Waals surface area (Å²) in [4.78, 5) is 4.23. The Hall–Kier alpha value is -1.33. The second-order valence-corrected chi connectivity index (χ2v) is 4.78. The van der Waals surface area contributed by atoms with Crippen LogP contribution in [0, 0.1) is 6.92 Å². The maximum Gasteiger partial charge on any atom is 0.132 e. The molecule has 2 rings (SSSR count). The average molecular weight is 269 g/mol. The number of aromatic nitrogens is 4. The first kappa shape index (κ1) is 13.1. The second kappa shape index (κ2) is 5.12. The lowest BCUT2D eigenvalue weighted by atomic mass is 10.1. The topological polar surface area (TPSA) is 55.9 Å². The van der Waals surface area contributed by atoms with Crippen molar-refractivity contribution < 1.29 is 5.11 Å². The highest BCUT2D eigenvalue weighted by atomic mass is 35.5. The predicted molar refractivity (Wildman–Crippen MR) is 69.4 cm³/mol. The molecule has 6 heteroatoms. The van der Waals surface area contributed by atoms with E-state index in [1.54, 1.807) is 17.9 Å². The summed E-state index contributed by atoms with van der Waals surface area (Å²) in [7, 11) is 3.71. The molecule has 0 fully saturated rings. The second-order valence-electron chi connectivity index (χ2n) is 4.42. The Morgan fingerprint density at radius 2 is 2.17 bits per heavy atom. The van der Waals surface area contributed by atoms with E-state index in [9.17, 15) is 5.11 Å². The molecule has 1 N–H and O–H groups in total. The SMILES string of the molecule is Cc1nn(C)c(Cl)c1C(O)CCc1nccn1C. The maximum atomic E-state index is 10.2. The van der Waals surface area contributed by atoms with Crippen molar-refractivity contribution in [2.24, 2.45) is 14.1 Å². The summed E-state index contributed by atoms with van der Waals surface area (Å²) < 4.78 is 3.53. The van der Waals surface area contributed by atoms with Gasteiger partial charge in [0.15, 0.2) is 0 Å². The number of nitrogens with zero attached hydrogens (tertiary/aromatic N) is 4. The summed E-state index contributed by atoms with van der Waals surface area (Å²) in [6, 6.07) is 0. The Kier molecular flexibility index (Phi) is 3.73. The van der Waals surface area contributed by atoms with E-state index in [0.29, 0.717) is 23.6 Å². The van der Waals surface area contributed by atoms with Crippen molar-refractivity contribution in [3.05, 3.63) is 34.6 Å². The third-order valence-corrected chi connectivity index (χ3v) is 3.54. The van der Waals surface area contributed by atoms with Gasteiger partial charge in [-0.3, -0.25) is 4.68 Å². The number of aliphatic hydroxyl groups is 1. The fourth-order valence-corrected chi connectivity index (χ4v) is 2.37. The van der Waals surface area contributed by atoms with E-state index in [4.69, 9.17) is 11.6 Å². The van der Waals surface area contributed by atoms with Crippen molar-refractivity contribution >= 4 is 11.6 Å². The van der Waals surface area contributed by atoms with Gasteiger partial charge in [-0.2, -0.15) is 5.10 Å². The normalized spacial score (nSPS) is 12.9. The van der Waals surface area contributed by atoms with Crippen LogP contribution in [0.4, 0.5) is 0 Å². The minimum atomic E-state index is -0.608. The Bertz CT molecular complexity index is 546. The van der Waals surface area contributed by atoms with Crippen molar-refractivity contribution in [2.45, 2.75) is 25.9 Å². The highest BCUT2D eigenvalue weighted by Gasteiger charge is 2.19. The number of aliphatic hydroxyl groups excluding tert-OH is 1. The Morgan fingerprint density at radius 3 is 2.67 bits per heavy atom. The summed E-state index contributed by atoms with van der Waals surface area (Å²) in [5.74, 6) is 0.951. The fourth-order valence-electron chi connectivity index (χ4n) is 2.07. The molecule has 0 saturated carbocycles. The quantitative estimate of drug-likeness (QED) is 0.920. The van der Waals surface area contributed by atoms with E-state index >= 15 is 0 Å². The third kappa shape index (κ3) is 2.42. The molecule has 0 bridgehead atoms. The van der Waals surface area contributed by atoms with Gasteiger partial charge in [0.25, 0.3) is 0 Å². The van der Waals surface area contributed by atoms with Gasteiger partial charge in [-0.1, -0.05) is 11.6 Å². The third-order valence-electron chi connectivity index (χ3n) is 3.09. The van der Waals surface area contributed by atoms with E-state index in [2.05, 4.69) is 10.1 Å². The van der Waals surface area contributed by atoms with Crippen LogP contribution in [0.2, 0.25) is 5.15 Å². The lowest BCUT2D eigenvalue weighted by molar-refractivity contribution is 0.166. The minimum absolute atomic E-state index is 0.500. The van der Waals surface area contributed by atoms with E-state index in [0.717, 1.165) is 11.5 Å². The van der Waals surface area contributed by atoms with E-state index < -0.39 is 6.10 Å². The van der Waals surface area contributed by atoms with Gasteiger partial charge in [-0.25, -0.2) is 4.98 Å². The largest absolute Gasteiger partial charge is 0.388 e. The van der Waals surface area contributed by atoms with E-state index in [-0.39, 0.29) is 0 Å². The van der Waals surface area contributed by atoms with Gasteiger partial charge in [-0.05, 0) is 13.3 Å². The molecule has 18 heavy (non-hydrogen) atoms. The molecule has 2 aromatic rings. The van der Waals surface area contributed by atoms with Crippen LogP contribution in [0.15, 0.2) is 12.4 Å². The van der Waals surface area contributed by atoms with Gasteiger partial charge in [0, 0.05) is 38.5 Å². The molecule has 0 amide bonds. The first-order valence-corrected chi connectivity index (χ1v) is 6.21. The van der Waals surface area contributed by atoms with Gasteiger partial charge in [0.1, 0.15) is 11.0 Å². The molecule has 0 aliphatic carbocycles. The summed E-state index contributed by atoms with van der Waals surface area (Å²) >= 11 is 6.12. The number of aryl methyl sites for hydroxylation is 4. The standard InChI is InChI=1S/C12H17ClN4O/c1-8-11(12(13)17(3)15-8)9(18)4-5-10-14-6-7-16(10)2/h6-7,9,18H,4-5H2,1-3H3. The molecule has 1 atom stereocenters. The molecule has 2 heterocycles. The molecule has 5 nitrogen and oxygen atoms in total. The molecule has 0 aliphatic rings. The number of halogens is 1. The fraction of sp³-hybridized carbons (Fsp3) is 0.500. The Labute approximate surface area is 111 Å². The van der Waals surface area contributed by atoms with Gasteiger partial charge < -0.3 is 9.67 Å². The lowest BCUT2D eigenvalue weighted by Crippen LogP contribution is -2.04. The van der Waals surface area contributed by atoms with Crippen LogP contribution in [0.1, 0.15) is 29.6 Å². The van der Waals surface area contributed by atoms with Crippen LogP contribution in [-0.2, 0) is 20.5 Å². The van der Waals surface area contributed by atoms with Crippen molar-refractivity contribution in [3.63, 3.8) is 0 Å².